The van der Waals surface area contributed by atoms with Gasteiger partial charge in [-0.25, -0.2) is 4.79 Å². The van der Waals surface area contributed by atoms with Crippen LogP contribution in [0.4, 0.5) is 4.79 Å². The van der Waals surface area contributed by atoms with Gasteiger partial charge < -0.3 is 19.0 Å². The van der Waals surface area contributed by atoms with E-state index in [0.29, 0.717) is 5.56 Å². The van der Waals surface area contributed by atoms with Crippen LogP contribution in [0.15, 0.2) is 83.8 Å². The molecule has 9 heteroatoms. The van der Waals surface area contributed by atoms with Crippen LogP contribution >= 0.6 is 0 Å². The van der Waals surface area contributed by atoms with Crippen molar-refractivity contribution in [2.45, 2.75) is 57.1 Å². The molecule has 0 aliphatic rings. The predicted octanol–water partition coefficient (Wildman–Crippen LogP) is 5.50. The van der Waals surface area contributed by atoms with Crippen molar-refractivity contribution in [2.75, 3.05) is 6.54 Å². The first-order chi connectivity index (χ1) is 17.9. The van der Waals surface area contributed by atoms with Crippen LogP contribution in [0.25, 0.3) is 0 Å². The van der Waals surface area contributed by atoms with E-state index in [1.807, 2.05) is 37.3 Å². The van der Waals surface area contributed by atoms with Crippen molar-refractivity contribution in [3.8, 4) is 5.75 Å². The van der Waals surface area contributed by atoms with E-state index in [9.17, 15) is 18.0 Å². The number of hydrogen-bond acceptors (Lipinski definition) is 7. The molecule has 0 aromatic heterocycles. The summed E-state index contributed by atoms with van der Waals surface area (Å²) in [6.07, 6.45) is -0.692. The molecule has 202 valence electrons. The Morgan fingerprint density at radius 2 is 1.61 bits per heavy atom. The van der Waals surface area contributed by atoms with E-state index in [1.54, 1.807) is 45.0 Å². The molecule has 0 saturated carbocycles. The monoisotopic (exact) mass is 539 g/mol. The number of carbonyl (C=O) groups is 2. The highest BCUT2D eigenvalue weighted by molar-refractivity contribution is 7.87. The van der Waals surface area contributed by atoms with Gasteiger partial charge in [0.25, 0.3) is 0 Å². The van der Waals surface area contributed by atoms with Crippen LogP contribution in [0.5, 0.6) is 5.75 Å². The first kappa shape index (κ1) is 28.7. The highest BCUT2D eigenvalue weighted by atomic mass is 32.2. The van der Waals surface area contributed by atoms with Crippen molar-refractivity contribution in [1.29, 1.82) is 0 Å². The zero-order valence-electron chi connectivity index (χ0n) is 22.0. The molecular weight excluding hydrogens is 506 g/mol. The Morgan fingerprint density at radius 3 is 2.26 bits per heavy atom. The van der Waals surface area contributed by atoms with Crippen LogP contribution in [0.2, 0.25) is 0 Å². The average Bonchev–Trinajstić information content (AvgIpc) is 2.85. The van der Waals surface area contributed by atoms with Crippen LogP contribution < -0.4 is 9.50 Å². The number of ether oxygens (including phenoxy) is 2. The van der Waals surface area contributed by atoms with Crippen molar-refractivity contribution in [1.82, 2.24) is 5.32 Å². The van der Waals surface area contributed by atoms with E-state index >= 15 is 0 Å². The minimum absolute atomic E-state index is 0.0293. The van der Waals surface area contributed by atoms with Gasteiger partial charge in [-0.3, -0.25) is 4.79 Å². The minimum atomic E-state index is -4.06. The summed E-state index contributed by atoms with van der Waals surface area (Å²) >= 11 is 0. The molecule has 3 aromatic rings. The first-order valence-corrected chi connectivity index (χ1v) is 13.6. The fraction of sp³-hybridized carbons (Fsp3) is 0.310. The van der Waals surface area contributed by atoms with E-state index in [-0.39, 0.29) is 30.2 Å². The van der Waals surface area contributed by atoms with Gasteiger partial charge >= 0.3 is 22.2 Å². The molecule has 1 unspecified atom stereocenters. The Morgan fingerprint density at radius 1 is 0.921 bits per heavy atom. The Balaban J connectivity index is 1.74. The number of hydrogen-bond donors (Lipinski definition) is 1. The number of carbonyl (C=O) groups excluding carboxylic acids is 2. The quantitative estimate of drug-likeness (QED) is 0.268. The summed E-state index contributed by atoms with van der Waals surface area (Å²) in [5.74, 6) is -0.899. The number of rotatable bonds is 10. The van der Waals surface area contributed by atoms with E-state index in [4.69, 9.17) is 13.7 Å². The maximum Gasteiger partial charge on any atom is 0.407 e. The average molecular weight is 540 g/mol. The normalized spacial score (nSPS) is 12.3. The summed E-state index contributed by atoms with van der Waals surface area (Å²) in [4.78, 5) is 25.0. The zero-order valence-corrected chi connectivity index (χ0v) is 22.8. The number of aryl methyl sites for hydroxylation is 1. The standard InChI is InChI=1S/C29H33NO7S/c1-21-13-15-26(16-14-21)38(33,34)37-25-12-8-11-23(17-25)24(18-27(31)36-29(2,3)4)19-30-28(32)35-20-22-9-6-5-7-10-22/h5-17,24H,18-20H2,1-4H3,(H,30,32). The molecule has 1 N–H and O–H groups in total. The van der Waals surface area contributed by atoms with Gasteiger partial charge in [0.1, 0.15) is 22.9 Å². The molecule has 0 heterocycles. The maximum absolute atomic E-state index is 12.8. The molecule has 0 radical (unpaired) electrons. The van der Waals surface area contributed by atoms with Gasteiger partial charge in [0.2, 0.25) is 0 Å². The van der Waals surface area contributed by atoms with Crippen molar-refractivity contribution >= 4 is 22.2 Å². The molecule has 0 bridgehead atoms. The lowest BCUT2D eigenvalue weighted by atomic mass is 9.95. The Kier molecular flexibility index (Phi) is 9.52. The largest absolute Gasteiger partial charge is 0.460 e. The topological polar surface area (TPSA) is 108 Å². The molecule has 0 spiro atoms. The lowest BCUT2D eigenvalue weighted by Crippen LogP contribution is -2.31. The Hall–Kier alpha value is -3.85. The Bertz CT molecular complexity index is 1330. The van der Waals surface area contributed by atoms with Crippen LogP contribution in [0.1, 0.15) is 49.8 Å². The van der Waals surface area contributed by atoms with Gasteiger partial charge in [-0.15, -0.1) is 0 Å². The van der Waals surface area contributed by atoms with Crippen LogP contribution in [0, 0.1) is 6.92 Å². The van der Waals surface area contributed by atoms with E-state index < -0.39 is 33.7 Å². The van der Waals surface area contributed by atoms with Gasteiger partial charge in [-0.1, -0.05) is 60.2 Å². The molecule has 1 atom stereocenters. The molecule has 3 rings (SSSR count). The van der Waals surface area contributed by atoms with Gasteiger partial charge in [0.15, 0.2) is 0 Å². The highest BCUT2D eigenvalue weighted by Crippen LogP contribution is 2.27. The van der Waals surface area contributed by atoms with Crippen LogP contribution in [-0.2, 0) is 31.0 Å². The summed E-state index contributed by atoms with van der Waals surface area (Å²) < 4.78 is 41.6. The smallest absolute Gasteiger partial charge is 0.407 e. The van der Waals surface area contributed by atoms with E-state index in [0.717, 1.165) is 11.1 Å². The second-order valence-electron chi connectivity index (χ2n) is 9.85. The minimum Gasteiger partial charge on any atom is -0.460 e. The molecular formula is C29H33NO7S. The lowest BCUT2D eigenvalue weighted by Gasteiger charge is -2.23. The van der Waals surface area contributed by atoms with E-state index in [2.05, 4.69) is 5.32 Å². The lowest BCUT2D eigenvalue weighted by molar-refractivity contribution is -0.155. The predicted molar refractivity (Wildman–Crippen MR) is 143 cm³/mol. The number of alkyl carbamates (subject to hydrolysis) is 1. The molecule has 0 saturated heterocycles. The highest BCUT2D eigenvalue weighted by Gasteiger charge is 2.24. The second kappa shape index (κ2) is 12.6. The summed E-state index contributed by atoms with van der Waals surface area (Å²) in [6, 6.07) is 22.0. The summed E-state index contributed by atoms with van der Waals surface area (Å²) in [7, 11) is -4.06. The molecule has 0 fully saturated rings. The molecule has 3 aromatic carbocycles. The van der Waals surface area contributed by atoms with Crippen molar-refractivity contribution in [2.24, 2.45) is 0 Å². The second-order valence-corrected chi connectivity index (χ2v) is 11.4. The van der Waals surface area contributed by atoms with Gasteiger partial charge in [0, 0.05) is 12.5 Å². The number of nitrogens with one attached hydrogen (secondary N) is 1. The number of esters is 1. The van der Waals surface area contributed by atoms with Crippen molar-refractivity contribution in [3.63, 3.8) is 0 Å². The summed E-state index contributed by atoms with van der Waals surface area (Å²) in [6.45, 7) is 7.32. The van der Waals surface area contributed by atoms with E-state index in [1.165, 1.54) is 24.3 Å². The van der Waals surface area contributed by atoms with Gasteiger partial charge in [-0.05, 0) is 63.1 Å². The third-order valence-corrected chi connectivity index (χ3v) is 6.65. The first-order valence-electron chi connectivity index (χ1n) is 12.2. The zero-order chi connectivity index (χ0) is 27.8. The van der Waals surface area contributed by atoms with Gasteiger partial charge in [-0.2, -0.15) is 8.42 Å². The third-order valence-electron chi connectivity index (χ3n) is 5.38. The SMILES string of the molecule is Cc1ccc(S(=O)(=O)Oc2cccc(C(CNC(=O)OCc3ccccc3)CC(=O)OC(C)(C)C)c2)cc1. The number of benzene rings is 3. The van der Waals surface area contributed by atoms with Crippen LogP contribution in [-0.4, -0.2) is 32.6 Å². The third kappa shape index (κ3) is 9.23. The van der Waals surface area contributed by atoms with Crippen LogP contribution in [0.3, 0.4) is 0 Å². The fourth-order valence-electron chi connectivity index (χ4n) is 3.57. The molecule has 1 amide bonds. The molecule has 8 nitrogen and oxygen atoms in total. The fourth-order valence-corrected chi connectivity index (χ4v) is 4.50. The van der Waals surface area contributed by atoms with Gasteiger partial charge in [0.05, 0.1) is 6.42 Å². The maximum atomic E-state index is 12.8. The summed E-state index contributed by atoms with van der Waals surface area (Å²) in [5, 5.41) is 2.69. The Labute approximate surface area is 224 Å². The number of amides is 1. The molecule has 0 aliphatic carbocycles. The summed E-state index contributed by atoms with van der Waals surface area (Å²) in [5.41, 5.74) is 1.67. The molecule has 0 aliphatic heterocycles. The molecule has 38 heavy (non-hydrogen) atoms. The van der Waals surface area contributed by atoms with Crippen molar-refractivity contribution < 1.29 is 31.7 Å². The van der Waals surface area contributed by atoms with Crippen molar-refractivity contribution in [3.05, 3.63) is 95.6 Å².